The van der Waals surface area contributed by atoms with Gasteiger partial charge in [-0.1, -0.05) is 77.9 Å². The molecule has 6 nitrogen and oxygen atoms in total. The van der Waals surface area contributed by atoms with Crippen molar-refractivity contribution < 1.29 is 17.9 Å². The summed E-state index contributed by atoms with van der Waals surface area (Å²) in [6.07, 6.45) is 0. The lowest BCUT2D eigenvalue weighted by Gasteiger charge is -2.26. The van der Waals surface area contributed by atoms with E-state index in [-0.39, 0.29) is 11.4 Å². The zero-order chi connectivity index (χ0) is 26.4. The fourth-order valence-electron chi connectivity index (χ4n) is 4.09. The lowest BCUT2D eigenvalue weighted by Crippen LogP contribution is -2.42. The first-order valence-corrected chi connectivity index (χ1v) is 13.4. The number of amides is 1. The van der Waals surface area contributed by atoms with Gasteiger partial charge in [-0.05, 0) is 61.4 Å². The van der Waals surface area contributed by atoms with Crippen LogP contribution in [0.1, 0.15) is 28.3 Å². The number of hydrogen-bond acceptors (Lipinski definition) is 4. The van der Waals surface area contributed by atoms with Crippen molar-refractivity contribution in [3.05, 3.63) is 125 Å². The van der Waals surface area contributed by atoms with Crippen molar-refractivity contribution in [2.45, 2.75) is 24.8 Å². The lowest BCUT2D eigenvalue weighted by molar-refractivity contribution is -0.120. The molecule has 37 heavy (non-hydrogen) atoms. The fourth-order valence-corrected chi connectivity index (χ4v) is 5.51. The van der Waals surface area contributed by atoms with Gasteiger partial charge in [0.2, 0.25) is 5.91 Å². The lowest BCUT2D eigenvalue weighted by atomic mass is 9.97. The van der Waals surface area contributed by atoms with E-state index >= 15 is 0 Å². The maximum absolute atomic E-state index is 13.7. The topological polar surface area (TPSA) is 75.7 Å². The predicted molar refractivity (Wildman–Crippen MR) is 146 cm³/mol. The largest absolute Gasteiger partial charge is 0.497 e. The SMILES string of the molecule is COc1ccc(S(=O)(=O)N(CC(=O)NC(c2ccccc2)c2cccc(C)c2)c2ccc(C)cc2)cc1. The highest BCUT2D eigenvalue weighted by Crippen LogP contribution is 2.27. The van der Waals surface area contributed by atoms with E-state index in [2.05, 4.69) is 5.32 Å². The molecule has 190 valence electrons. The van der Waals surface area contributed by atoms with Gasteiger partial charge in [-0.15, -0.1) is 0 Å². The highest BCUT2D eigenvalue weighted by atomic mass is 32.2. The molecule has 4 aromatic rings. The second-order valence-corrected chi connectivity index (χ2v) is 10.7. The smallest absolute Gasteiger partial charge is 0.264 e. The van der Waals surface area contributed by atoms with Crippen molar-refractivity contribution in [1.82, 2.24) is 5.32 Å². The van der Waals surface area contributed by atoms with E-state index in [1.807, 2.05) is 80.6 Å². The van der Waals surface area contributed by atoms with Crippen molar-refractivity contribution in [3.63, 3.8) is 0 Å². The van der Waals surface area contributed by atoms with Crippen LogP contribution in [-0.2, 0) is 14.8 Å². The van der Waals surface area contributed by atoms with Crippen LogP contribution in [0.5, 0.6) is 5.75 Å². The number of nitrogens with zero attached hydrogens (tertiary/aromatic N) is 1. The Bertz CT molecular complexity index is 1450. The summed E-state index contributed by atoms with van der Waals surface area (Å²) < 4.78 is 33.8. The Kier molecular flexibility index (Phi) is 7.94. The van der Waals surface area contributed by atoms with Crippen molar-refractivity contribution in [2.24, 2.45) is 0 Å². The van der Waals surface area contributed by atoms with Crippen LogP contribution >= 0.6 is 0 Å². The molecule has 0 aromatic heterocycles. The van der Waals surface area contributed by atoms with Crippen LogP contribution in [-0.4, -0.2) is 28.0 Å². The van der Waals surface area contributed by atoms with Crippen molar-refractivity contribution in [1.29, 1.82) is 0 Å². The summed E-state index contributed by atoms with van der Waals surface area (Å²) in [6.45, 7) is 3.53. The Morgan fingerprint density at radius 2 is 1.46 bits per heavy atom. The molecule has 0 fully saturated rings. The van der Waals surface area contributed by atoms with Gasteiger partial charge in [-0.3, -0.25) is 9.10 Å². The van der Waals surface area contributed by atoms with Crippen molar-refractivity contribution in [3.8, 4) is 5.75 Å². The molecule has 0 heterocycles. The second kappa shape index (κ2) is 11.3. The number of nitrogens with one attached hydrogen (secondary N) is 1. The molecule has 7 heteroatoms. The van der Waals surface area contributed by atoms with E-state index in [1.165, 1.54) is 19.2 Å². The van der Waals surface area contributed by atoms with Gasteiger partial charge < -0.3 is 10.1 Å². The molecule has 1 amide bonds. The van der Waals surface area contributed by atoms with Gasteiger partial charge in [0.15, 0.2) is 0 Å². The molecule has 0 aliphatic carbocycles. The molecule has 0 spiro atoms. The number of aryl methyl sites for hydroxylation is 2. The van der Waals surface area contributed by atoms with Crippen LogP contribution in [0.2, 0.25) is 0 Å². The number of anilines is 1. The third-order valence-electron chi connectivity index (χ3n) is 6.07. The van der Waals surface area contributed by atoms with E-state index in [0.29, 0.717) is 11.4 Å². The van der Waals surface area contributed by atoms with Crippen LogP contribution in [0.4, 0.5) is 5.69 Å². The Morgan fingerprint density at radius 1 is 0.811 bits per heavy atom. The Hall–Kier alpha value is -4.10. The summed E-state index contributed by atoms with van der Waals surface area (Å²) in [5.41, 5.74) is 4.28. The number of rotatable bonds is 9. The summed E-state index contributed by atoms with van der Waals surface area (Å²) in [7, 11) is -2.52. The normalized spacial score (nSPS) is 12.0. The molecule has 0 saturated carbocycles. The van der Waals surface area contributed by atoms with Gasteiger partial charge in [0.1, 0.15) is 12.3 Å². The minimum atomic E-state index is -4.04. The quantitative estimate of drug-likeness (QED) is 0.324. The molecule has 0 saturated heterocycles. The zero-order valence-electron chi connectivity index (χ0n) is 21.1. The summed E-state index contributed by atoms with van der Waals surface area (Å²) in [6, 6.07) is 30.3. The Balaban J connectivity index is 1.68. The summed E-state index contributed by atoms with van der Waals surface area (Å²) in [4.78, 5) is 13.5. The van der Waals surface area contributed by atoms with Crippen molar-refractivity contribution in [2.75, 3.05) is 18.0 Å². The number of methoxy groups -OCH3 is 1. The molecular formula is C30H30N2O4S. The average molecular weight is 515 g/mol. The molecule has 0 aliphatic rings. The average Bonchev–Trinajstić information content (AvgIpc) is 2.91. The highest BCUT2D eigenvalue weighted by molar-refractivity contribution is 7.92. The highest BCUT2D eigenvalue weighted by Gasteiger charge is 2.28. The van der Waals surface area contributed by atoms with Gasteiger partial charge in [-0.25, -0.2) is 8.42 Å². The maximum atomic E-state index is 13.7. The van der Waals surface area contributed by atoms with Gasteiger partial charge in [0, 0.05) is 0 Å². The van der Waals surface area contributed by atoms with Gasteiger partial charge in [0.25, 0.3) is 10.0 Å². The van der Waals surface area contributed by atoms with E-state index in [9.17, 15) is 13.2 Å². The first-order valence-electron chi connectivity index (χ1n) is 11.9. The molecule has 0 aliphatic heterocycles. The third kappa shape index (κ3) is 6.19. The van der Waals surface area contributed by atoms with Gasteiger partial charge >= 0.3 is 0 Å². The number of hydrogen-bond donors (Lipinski definition) is 1. The van der Waals surface area contributed by atoms with Crippen LogP contribution in [0.25, 0.3) is 0 Å². The van der Waals surface area contributed by atoms with Gasteiger partial charge in [-0.2, -0.15) is 0 Å². The van der Waals surface area contributed by atoms with Crippen molar-refractivity contribution >= 4 is 21.6 Å². The first-order chi connectivity index (χ1) is 17.8. The predicted octanol–water partition coefficient (Wildman–Crippen LogP) is 5.41. The van der Waals surface area contributed by atoms with Gasteiger partial charge in [0.05, 0.1) is 23.7 Å². The second-order valence-electron chi connectivity index (χ2n) is 8.85. The van der Waals surface area contributed by atoms with E-state index in [1.54, 1.807) is 24.3 Å². The number of carbonyl (C=O) groups is 1. The summed E-state index contributed by atoms with van der Waals surface area (Å²) >= 11 is 0. The van der Waals surface area contributed by atoms with Crippen LogP contribution in [0.3, 0.4) is 0 Å². The van der Waals surface area contributed by atoms with Crippen LogP contribution in [0.15, 0.2) is 108 Å². The van der Waals surface area contributed by atoms with Crippen LogP contribution in [0, 0.1) is 13.8 Å². The number of carbonyl (C=O) groups excluding carboxylic acids is 1. The Morgan fingerprint density at radius 3 is 2.08 bits per heavy atom. The first kappa shape index (κ1) is 26.0. The molecule has 1 N–H and O–H groups in total. The molecule has 4 rings (SSSR count). The van der Waals surface area contributed by atoms with E-state index in [0.717, 1.165) is 26.6 Å². The molecular weight excluding hydrogens is 484 g/mol. The standard InChI is InChI=1S/C30H30N2O4S/c1-22-12-14-26(15-13-22)32(37(34,35)28-18-16-27(36-3)17-19-28)21-29(33)31-30(24-9-5-4-6-10-24)25-11-7-8-23(2)20-25/h4-20,30H,21H2,1-3H3,(H,31,33). The number of sulfonamides is 1. The van der Waals surface area contributed by atoms with E-state index in [4.69, 9.17) is 4.74 Å². The monoisotopic (exact) mass is 514 g/mol. The Labute approximate surface area is 218 Å². The minimum absolute atomic E-state index is 0.0694. The minimum Gasteiger partial charge on any atom is -0.497 e. The molecule has 4 aromatic carbocycles. The molecule has 1 atom stereocenters. The number of ether oxygens (including phenoxy) is 1. The fraction of sp³-hybridized carbons (Fsp3) is 0.167. The van der Waals surface area contributed by atoms with Crippen LogP contribution < -0.4 is 14.4 Å². The molecule has 0 radical (unpaired) electrons. The van der Waals surface area contributed by atoms with E-state index < -0.39 is 22.0 Å². The summed E-state index contributed by atoms with van der Waals surface area (Å²) in [5, 5.41) is 3.07. The summed E-state index contributed by atoms with van der Waals surface area (Å²) in [5.74, 6) is 0.121. The molecule has 1 unspecified atom stereocenters. The molecule has 0 bridgehead atoms. The number of benzene rings is 4. The maximum Gasteiger partial charge on any atom is 0.264 e. The zero-order valence-corrected chi connectivity index (χ0v) is 21.9. The third-order valence-corrected chi connectivity index (χ3v) is 7.86.